The topological polar surface area (TPSA) is 135 Å². The first-order chi connectivity index (χ1) is 9.19. The van der Waals surface area contributed by atoms with Gasteiger partial charge in [0.25, 0.3) is 20.2 Å². The second kappa shape index (κ2) is 5.85. The second-order valence-corrected chi connectivity index (χ2v) is 6.38. The number of nitrogens with two attached hydrogens (primary N) is 1. The van der Waals surface area contributed by atoms with Crippen LogP contribution in [0.5, 0.6) is 0 Å². The Hall–Kier alpha value is -1.52. The first-order valence-corrected chi connectivity index (χ1v) is 8.13. The van der Waals surface area contributed by atoms with Crippen molar-refractivity contribution in [3.63, 3.8) is 0 Å². The van der Waals surface area contributed by atoms with Crippen molar-refractivity contribution in [2.24, 2.45) is 5.73 Å². The fraction of sp³-hybridized carbons (Fsp3) is 0.0909. The van der Waals surface area contributed by atoms with E-state index in [0.717, 1.165) is 12.1 Å². The Balaban J connectivity index is 0.000000956. The fourth-order valence-electron chi connectivity index (χ4n) is 1.60. The minimum absolute atomic E-state index is 0.428. The van der Waals surface area contributed by atoms with Gasteiger partial charge in [-0.05, 0) is 30.0 Å². The highest BCUT2D eigenvalue weighted by molar-refractivity contribution is 7.89. The van der Waals surface area contributed by atoms with Crippen molar-refractivity contribution in [2.45, 2.75) is 9.79 Å². The lowest BCUT2D eigenvalue weighted by Crippen LogP contribution is -2.08. The van der Waals surface area contributed by atoms with E-state index in [9.17, 15) is 16.8 Å². The van der Waals surface area contributed by atoms with E-state index in [-0.39, 0.29) is 0 Å². The highest BCUT2D eigenvalue weighted by Gasteiger charge is 2.24. The predicted octanol–water partition coefficient (Wildman–Crippen LogP) is 0.908. The van der Waals surface area contributed by atoms with Gasteiger partial charge in [-0.15, -0.1) is 0 Å². The summed E-state index contributed by atoms with van der Waals surface area (Å²) < 4.78 is 62.5. The van der Waals surface area contributed by atoms with E-state index in [1.807, 2.05) is 0 Å². The predicted molar refractivity (Wildman–Crippen MR) is 73.7 cm³/mol. The van der Waals surface area contributed by atoms with Crippen LogP contribution in [-0.4, -0.2) is 33.0 Å². The third kappa shape index (κ3) is 3.52. The summed E-state index contributed by atoms with van der Waals surface area (Å²) in [5.74, 6) is 0. The van der Waals surface area contributed by atoms with Gasteiger partial charge in [0.2, 0.25) is 0 Å². The molecular formula is C11H13NO6S2. The van der Waals surface area contributed by atoms with Crippen molar-refractivity contribution < 1.29 is 25.9 Å². The van der Waals surface area contributed by atoms with Crippen LogP contribution in [0.1, 0.15) is 0 Å². The lowest BCUT2D eigenvalue weighted by atomic mass is 10.1. The maximum absolute atomic E-state index is 11.1. The zero-order valence-electron chi connectivity index (χ0n) is 10.4. The van der Waals surface area contributed by atoms with Gasteiger partial charge in [0.15, 0.2) is 0 Å². The molecule has 7 nitrogen and oxygen atoms in total. The number of benzene rings is 2. The summed E-state index contributed by atoms with van der Waals surface area (Å²) in [6.07, 6.45) is 0. The number of fused-ring (bicyclic) bond motifs is 1. The first kappa shape index (κ1) is 16.5. The summed E-state index contributed by atoms with van der Waals surface area (Å²) in [6, 6.07) is 8.35. The van der Waals surface area contributed by atoms with E-state index < -0.39 is 30.0 Å². The van der Waals surface area contributed by atoms with Gasteiger partial charge in [-0.1, -0.05) is 24.3 Å². The quantitative estimate of drug-likeness (QED) is 0.700. The van der Waals surface area contributed by atoms with Crippen LogP contribution in [-0.2, 0) is 20.2 Å². The summed E-state index contributed by atoms with van der Waals surface area (Å²) >= 11 is 0. The number of rotatable bonds is 2. The Bertz CT molecular complexity index is 757. The van der Waals surface area contributed by atoms with Crippen LogP contribution in [0.2, 0.25) is 0 Å². The maximum Gasteiger partial charge on any atom is 0.295 e. The Kier molecular flexibility index (Phi) is 4.84. The summed E-state index contributed by atoms with van der Waals surface area (Å²) in [4.78, 5) is -1.69. The van der Waals surface area contributed by atoms with Gasteiger partial charge >= 0.3 is 0 Å². The van der Waals surface area contributed by atoms with E-state index in [4.69, 9.17) is 9.11 Å². The van der Waals surface area contributed by atoms with Crippen LogP contribution in [0.25, 0.3) is 10.8 Å². The third-order valence-corrected chi connectivity index (χ3v) is 4.28. The normalized spacial score (nSPS) is 11.8. The highest BCUT2D eigenvalue weighted by atomic mass is 32.2. The van der Waals surface area contributed by atoms with Crippen LogP contribution in [0.15, 0.2) is 46.2 Å². The third-order valence-electron chi connectivity index (χ3n) is 2.37. The monoisotopic (exact) mass is 319 g/mol. The maximum atomic E-state index is 11.1. The smallest absolute Gasteiger partial charge is 0.295 e. The molecule has 20 heavy (non-hydrogen) atoms. The fourth-order valence-corrected chi connectivity index (χ4v) is 3.41. The van der Waals surface area contributed by atoms with Crippen LogP contribution in [0.4, 0.5) is 0 Å². The lowest BCUT2D eigenvalue weighted by Gasteiger charge is -2.06. The van der Waals surface area contributed by atoms with Crippen molar-refractivity contribution in [3.8, 4) is 0 Å². The molecule has 0 aliphatic rings. The van der Waals surface area contributed by atoms with E-state index in [1.165, 1.54) is 7.05 Å². The molecule has 0 aliphatic heterocycles. The van der Waals surface area contributed by atoms with E-state index in [0.29, 0.717) is 10.8 Å². The molecule has 2 aromatic carbocycles. The van der Waals surface area contributed by atoms with Gasteiger partial charge in [0.05, 0.1) is 0 Å². The molecular weight excluding hydrogens is 306 g/mol. The molecule has 9 heteroatoms. The molecule has 0 saturated carbocycles. The average Bonchev–Trinajstić information content (AvgIpc) is 2.37. The largest absolute Gasteiger partial charge is 0.333 e. The highest BCUT2D eigenvalue weighted by Crippen LogP contribution is 2.26. The summed E-state index contributed by atoms with van der Waals surface area (Å²) in [7, 11) is -7.99. The van der Waals surface area contributed by atoms with Crippen LogP contribution in [0.3, 0.4) is 0 Å². The molecule has 0 atom stereocenters. The second-order valence-electron chi connectivity index (χ2n) is 3.60. The molecule has 2 aromatic rings. The van der Waals surface area contributed by atoms with E-state index in [2.05, 4.69) is 5.73 Å². The van der Waals surface area contributed by atoms with Crippen LogP contribution >= 0.6 is 0 Å². The van der Waals surface area contributed by atoms with Gasteiger partial charge in [-0.25, -0.2) is 0 Å². The molecule has 110 valence electrons. The van der Waals surface area contributed by atoms with Crippen molar-refractivity contribution in [2.75, 3.05) is 7.05 Å². The summed E-state index contributed by atoms with van der Waals surface area (Å²) in [6.45, 7) is 0. The Morgan fingerprint density at radius 1 is 0.800 bits per heavy atom. The van der Waals surface area contributed by atoms with Crippen LogP contribution < -0.4 is 5.73 Å². The minimum Gasteiger partial charge on any atom is -0.333 e. The molecule has 0 bridgehead atoms. The Labute approximate surface area is 116 Å². The molecule has 0 aliphatic carbocycles. The molecule has 0 heterocycles. The Morgan fingerprint density at radius 3 is 1.35 bits per heavy atom. The lowest BCUT2D eigenvalue weighted by molar-refractivity contribution is 0.467. The van der Waals surface area contributed by atoms with Crippen molar-refractivity contribution in [3.05, 3.63) is 36.4 Å². The molecule has 2 rings (SSSR count). The zero-order chi connectivity index (χ0) is 15.6. The summed E-state index contributed by atoms with van der Waals surface area (Å²) in [5.41, 5.74) is 4.50. The van der Waals surface area contributed by atoms with Crippen molar-refractivity contribution >= 4 is 31.0 Å². The van der Waals surface area contributed by atoms with Gasteiger partial charge < -0.3 is 5.73 Å². The van der Waals surface area contributed by atoms with Crippen molar-refractivity contribution in [1.82, 2.24) is 0 Å². The van der Waals surface area contributed by atoms with E-state index >= 15 is 0 Å². The van der Waals surface area contributed by atoms with Crippen LogP contribution in [0, 0.1) is 0 Å². The van der Waals surface area contributed by atoms with Gasteiger partial charge in [0, 0.05) is 0 Å². The molecule has 0 aromatic heterocycles. The average molecular weight is 319 g/mol. The van der Waals surface area contributed by atoms with E-state index in [1.54, 1.807) is 24.3 Å². The SMILES string of the molecule is CN.O=S(=O)(O)c1cc2ccccc2cc1S(=O)(=O)O. The molecule has 0 unspecified atom stereocenters. The Morgan fingerprint density at radius 2 is 1.10 bits per heavy atom. The molecule has 4 N–H and O–H groups in total. The molecule has 0 radical (unpaired) electrons. The van der Waals surface area contributed by atoms with Crippen molar-refractivity contribution in [1.29, 1.82) is 0 Å². The molecule has 0 fully saturated rings. The molecule has 0 amide bonds. The van der Waals surface area contributed by atoms with Gasteiger partial charge in [-0.2, -0.15) is 16.8 Å². The molecule has 0 spiro atoms. The zero-order valence-corrected chi connectivity index (χ0v) is 12.0. The van der Waals surface area contributed by atoms with Gasteiger partial charge in [0.1, 0.15) is 9.79 Å². The number of hydrogen-bond acceptors (Lipinski definition) is 5. The molecule has 0 saturated heterocycles. The minimum atomic E-state index is -4.75. The summed E-state index contributed by atoms with van der Waals surface area (Å²) in [5, 5.41) is 0.857. The first-order valence-electron chi connectivity index (χ1n) is 5.25. The standard InChI is InChI=1S/C10H8O6S2.CH5N/c11-17(12,13)9-5-7-3-1-2-4-8(7)6-10(9)18(14,15)16;1-2/h1-6H,(H,11,12,13)(H,14,15,16);2H2,1H3. The number of hydrogen-bond donors (Lipinski definition) is 3. The van der Waals surface area contributed by atoms with Gasteiger partial charge in [-0.3, -0.25) is 9.11 Å².